The number of benzene rings is 3. The summed E-state index contributed by atoms with van der Waals surface area (Å²) in [7, 11) is 1.65. The zero-order valence-corrected chi connectivity index (χ0v) is 22.4. The lowest BCUT2D eigenvalue weighted by Crippen LogP contribution is -2.30. The van der Waals surface area contributed by atoms with Crippen molar-refractivity contribution in [2.45, 2.75) is 13.3 Å². The van der Waals surface area contributed by atoms with Crippen LogP contribution in [0.4, 0.5) is 0 Å². The summed E-state index contributed by atoms with van der Waals surface area (Å²) in [6.45, 7) is 2.47. The zero-order chi connectivity index (χ0) is 26.8. The first-order valence-corrected chi connectivity index (χ1v) is 13.2. The molecule has 1 saturated heterocycles. The molecule has 1 fully saturated rings. The fraction of sp³-hybridized carbons (Fsp3) is 0.133. The second-order valence-corrected chi connectivity index (χ2v) is 10.6. The number of methoxy groups -OCH3 is 1. The van der Waals surface area contributed by atoms with Crippen molar-refractivity contribution in [3.05, 3.63) is 100 Å². The molecule has 1 aliphatic heterocycles. The normalized spacial score (nSPS) is 14.5. The van der Waals surface area contributed by atoms with E-state index in [0.29, 0.717) is 22.2 Å². The predicted molar refractivity (Wildman–Crippen MR) is 155 cm³/mol. The van der Waals surface area contributed by atoms with E-state index in [1.54, 1.807) is 42.5 Å². The standard InChI is InChI=1S/C30H24N2O4S2/c1-18-14-25-22(4-3-12-31-25)17-23(18)24-15-20(7-10-26(24)36-2)16-27-28(33)32(30(37)38-27)13-11-19-5-8-21(9-6-19)29(34)35/h3-10,12,14-17H,11,13H2,1-2H3,(H,34,35)/b27-16-. The monoisotopic (exact) mass is 540 g/mol. The van der Waals surface area contributed by atoms with Gasteiger partial charge in [-0.1, -0.05) is 48.2 Å². The first kappa shape index (κ1) is 25.6. The molecule has 0 unspecified atom stereocenters. The van der Waals surface area contributed by atoms with Crippen LogP contribution < -0.4 is 4.74 Å². The van der Waals surface area contributed by atoms with Crippen LogP contribution >= 0.6 is 24.0 Å². The molecule has 0 radical (unpaired) electrons. The van der Waals surface area contributed by atoms with Crippen molar-refractivity contribution < 1.29 is 19.4 Å². The molecule has 0 aliphatic carbocycles. The van der Waals surface area contributed by atoms with Crippen molar-refractivity contribution >= 4 is 57.2 Å². The summed E-state index contributed by atoms with van der Waals surface area (Å²) < 4.78 is 6.18. The first-order valence-electron chi connectivity index (χ1n) is 12.0. The summed E-state index contributed by atoms with van der Waals surface area (Å²) in [5.41, 5.74) is 6.03. The lowest BCUT2D eigenvalue weighted by molar-refractivity contribution is -0.122. The molecular formula is C30H24N2O4S2. The molecule has 1 N–H and O–H groups in total. The fourth-order valence-corrected chi connectivity index (χ4v) is 5.75. The quantitative estimate of drug-likeness (QED) is 0.216. The highest BCUT2D eigenvalue weighted by atomic mass is 32.2. The average molecular weight is 541 g/mol. The molecule has 2 heterocycles. The Hall–Kier alpha value is -4.01. The number of rotatable bonds is 7. The van der Waals surface area contributed by atoms with Gasteiger partial charge in [0.1, 0.15) is 10.1 Å². The van der Waals surface area contributed by atoms with E-state index in [4.69, 9.17) is 22.1 Å². The number of pyridine rings is 1. The number of thiocarbonyl (C=S) groups is 1. The maximum Gasteiger partial charge on any atom is 0.335 e. The molecule has 0 saturated carbocycles. The van der Waals surface area contributed by atoms with Crippen LogP contribution in [0.25, 0.3) is 28.1 Å². The number of carboxylic acid groups (broad SMARTS) is 1. The van der Waals surface area contributed by atoms with Gasteiger partial charge in [-0.3, -0.25) is 14.7 Å². The van der Waals surface area contributed by atoms with Gasteiger partial charge in [0.2, 0.25) is 0 Å². The Labute approximate surface area is 230 Å². The van der Waals surface area contributed by atoms with Gasteiger partial charge in [0.05, 0.1) is 23.1 Å². The highest BCUT2D eigenvalue weighted by molar-refractivity contribution is 8.26. The molecule has 1 aromatic heterocycles. The molecule has 5 rings (SSSR count). The van der Waals surface area contributed by atoms with Gasteiger partial charge in [0, 0.05) is 23.7 Å². The fourth-order valence-electron chi connectivity index (χ4n) is 4.44. The van der Waals surface area contributed by atoms with E-state index in [0.717, 1.165) is 44.5 Å². The molecule has 1 aliphatic rings. The number of ether oxygens (including phenoxy) is 1. The molecule has 0 bridgehead atoms. The maximum atomic E-state index is 13.2. The third kappa shape index (κ3) is 5.18. The van der Waals surface area contributed by atoms with Crippen molar-refractivity contribution in [2.75, 3.05) is 13.7 Å². The van der Waals surface area contributed by atoms with Crippen molar-refractivity contribution in [2.24, 2.45) is 0 Å². The van der Waals surface area contributed by atoms with Crippen LogP contribution in [-0.2, 0) is 11.2 Å². The van der Waals surface area contributed by atoms with Crippen molar-refractivity contribution in [1.29, 1.82) is 0 Å². The van der Waals surface area contributed by atoms with Gasteiger partial charge < -0.3 is 9.84 Å². The van der Waals surface area contributed by atoms with Crippen LogP contribution in [-0.4, -0.2) is 44.8 Å². The Morgan fingerprint density at radius 2 is 1.89 bits per heavy atom. The number of thioether (sulfide) groups is 1. The number of carbonyl (C=O) groups is 2. The summed E-state index contributed by atoms with van der Waals surface area (Å²) in [5.74, 6) is -0.351. The van der Waals surface area contributed by atoms with E-state index >= 15 is 0 Å². The lowest BCUT2D eigenvalue weighted by atomic mass is 9.95. The Kier molecular flexibility index (Phi) is 7.26. The first-order chi connectivity index (χ1) is 18.3. The molecule has 4 aromatic rings. The molecule has 0 atom stereocenters. The topological polar surface area (TPSA) is 79.7 Å². The van der Waals surface area contributed by atoms with E-state index in [2.05, 4.69) is 24.0 Å². The number of amides is 1. The number of hydrogen-bond donors (Lipinski definition) is 1. The van der Waals surface area contributed by atoms with Crippen LogP contribution in [0.3, 0.4) is 0 Å². The molecule has 38 heavy (non-hydrogen) atoms. The maximum absolute atomic E-state index is 13.2. The molecule has 6 nitrogen and oxygen atoms in total. The third-order valence-corrected chi connectivity index (χ3v) is 7.84. The Morgan fingerprint density at radius 3 is 2.63 bits per heavy atom. The minimum absolute atomic E-state index is 0.132. The number of nitrogens with zero attached hydrogens (tertiary/aromatic N) is 2. The van der Waals surface area contributed by atoms with Gasteiger partial charge in [-0.05, 0) is 84.1 Å². The SMILES string of the molecule is COc1ccc(/C=C2\SC(=S)N(CCc3ccc(C(=O)O)cc3)C2=O)cc1-c1cc2cccnc2cc1C. The smallest absolute Gasteiger partial charge is 0.335 e. The van der Waals surface area contributed by atoms with Crippen molar-refractivity contribution in [3.63, 3.8) is 0 Å². The van der Waals surface area contributed by atoms with E-state index < -0.39 is 5.97 Å². The zero-order valence-electron chi connectivity index (χ0n) is 20.8. The Bertz CT molecular complexity index is 1610. The van der Waals surface area contributed by atoms with E-state index in [1.807, 2.05) is 36.4 Å². The number of aryl methyl sites for hydroxylation is 1. The van der Waals surface area contributed by atoms with Crippen LogP contribution in [0, 0.1) is 6.92 Å². The van der Waals surface area contributed by atoms with E-state index in [-0.39, 0.29) is 11.5 Å². The Morgan fingerprint density at radius 1 is 1.11 bits per heavy atom. The summed E-state index contributed by atoms with van der Waals surface area (Å²) in [6, 6.07) is 20.7. The molecule has 8 heteroatoms. The van der Waals surface area contributed by atoms with Gasteiger partial charge in [0.15, 0.2) is 0 Å². The van der Waals surface area contributed by atoms with Gasteiger partial charge in [-0.2, -0.15) is 0 Å². The second kappa shape index (κ2) is 10.8. The third-order valence-electron chi connectivity index (χ3n) is 6.46. The average Bonchev–Trinajstić information content (AvgIpc) is 3.18. The number of carbonyl (C=O) groups excluding carboxylic acids is 1. The van der Waals surface area contributed by atoms with Crippen molar-refractivity contribution in [3.8, 4) is 16.9 Å². The number of aromatic carboxylic acids is 1. The number of aromatic nitrogens is 1. The van der Waals surface area contributed by atoms with E-state index in [1.165, 1.54) is 11.8 Å². The van der Waals surface area contributed by atoms with Gasteiger partial charge in [-0.25, -0.2) is 4.79 Å². The van der Waals surface area contributed by atoms with Crippen LogP contribution in [0.15, 0.2) is 77.8 Å². The van der Waals surface area contributed by atoms with E-state index in [9.17, 15) is 9.59 Å². The highest BCUT2D eigenvalue weighted by Gasteiger charge is 2.31. The number of fused-ring (bicyclic) bond motifs is 1. The number of carboxylic acids is 1. The lowest BCUT2D eigenvalue weighted by Gasteiger charge is -2.14. The van der Waals surface area contributed by atoms with Crippen LogP contribution in [0.5, 0.6) is 5.75 Å². The van der Waals surface area contributed by atoms with Gasteiger partial charge in [-0.15, -0.1) is 0 Å². The van der Waals surface area contributed by atoms with Gasteiger partial charge >= 0.3 is 5.97 Å². The van der Waals surface area contributed by atoms with Gasteiger partial charge in [0.25, 0.3) is 5.91 Å². The van der Waals surface area contributed by atoms with Crippen LogP contribution in [0.1, 0.15) is 27.0 Å². The highest BCUT2D eigenvalue weighted by Crippen LogP contribution is 2.37. The molecule has 3 aromatic carbocycles. The van der Waals surface area contributed by atoms with Crippen molar-refractivity contribution in [1.82, 2.24) is 9.88 Å². The molecule has 0 spiro atoms. The molecule has 1 amide bonds. The summed E-state index contributed by atoms with van der Waals surface area (Å²) in [5, 5.41) is 10.1. The summed E-state index contributed by atoms with van der Waals surface area (Å²) in [6.07, 6.45) is 4.22. The molecule has 190 valence electrons. The molecular weight excluding hydrogens is 516 g/mol. The summed E-state index contributed by atoms with van der Waals surface area (Å²) in [4.78, 5) is 30.9. The van der Waals surface area contributed by atoms with Crippen LogP contribution in [0.2, 0.25) is 0 Å². The summed E-state index contributed by atoms with van der Waals surface area (Å²) >= 11 is 6.80. The minimum atomic E-state index is -0.965. The predicted octanol–water partition coefficient (Wildman–Crippen LogP) is 6.36. The number of hydrogen-bond acceptors (Lipinski definition) is 6. The Balaban J connectivity index is 1.39. The minimum Gasteiger partial charge on any atom is -0.496 e. The largest absolute Gasteiger partial charge is 0.496 e. The second-order valence-electron chi connectivity index (χ2n) is 8.91.